The summed E-state index contributed by atoms with van der Waals surface area (Å²) in [5.41, 5.74) is 24.1. The van der Waals surface area contributed by atoms with E-state index < -0.39 is 0 Å². The van der Waals surface area contributed by atoms with Crippen molar-refractivity contribution < 1.29 is 10.2 Å². The highest BCUT2D eigenvalue weighted by Crippen LogP contribution is 2.15. The summed E-state index contributed by atoms with van der Waals surface area (Å²) in [6.07, 6.45) is 2.83. The molecule has 4 aromatic rings. The molecule has 4 heterocycles. The van der Waals surface area contributed by atoms with Crippen LogP contribution < -0.4 is 22.9 Å². The lowest BCUT2D eigenvalue weighted by molar-refractivity contribution is 0.276. The number of rotatable bonds is 2. The van der Waals surface area contributed by atoms with E-state index in [9.17, 15) is 0 Å². The maximum atomic E-state index is 8.83. The summed E-state index contributed by atoms with van der Waals surface area (Å²) in [6.45, 7) is -0.403. The van der Waals surface area contributed by atoms with Crippen LogP contribution in [0.3, 0.4) is 0 Å². The van der Waals surface area contributed by atoms with Crippen LogP contribution in [0.5, 0.6) is 0 Å². The van der Waals surface area contributed by atoms with Gasteiger partial charge in [-0.25, -0.2) is 19.9 Å². The van der Waals surface area contributed by atoms with Crippen molar-refractivity contribution in [2.75, 3.05) is 22.9 Å². The summed E-state index contributed by atoms with van der Waals surface area (Å²) in [5, 5.41) is 17.7. The quantitative estimate of drug-likeness (QED) is 0.222. The summed E-state index contributed by atoms with van der Waals surface area (Å²) < 4.78 is 0. The second-order valence-electron chi connectivity index (χ2n) is 5.32. The number of hydrogen-bond donors (Lipinski definition) is 6. The van der Waals surface area contributed by atoms with Gasteiger partial charge in [0.25, 0.3) is 0 Å². The normalized spacial score (nSPS) is 10.6. The van der Waals surface area contributed by atoms with Crippen molar-refractivity contribution in [3.8, 4) is 0 Å². The van der Waals surface area contributed by atoms with Gasteiger partial charge in [0.15, 0.2) is 28.4 Å². The summed E-state index contributed by atoms with van der Waals surface area (Å²) in [7, 11) is 0. The van der Waals surface area contributed by atoms with Crippen molar-refractivity contribution in [1.29, 1.82) is 0 Å². The molecular formula is C14H16N12O2. The monoisotopic (exact) mass is 384 g/mol. The molecule has 0 saturated heterocycles. The predicted molar refractivity (Wildman–Crippen MR) is 99.8 cm³/mol. The molecule has 0 fully saturated rings. The predicted octanol–water partition coefficient (Wildman–Crippen LogP) is -1.85. The molecule has 28 heavy (non-hydrogen) atoms. The molecule has 0 aliphatic rings. The molecule has 4 rings (SSSR count). The number of nitrogen functional groups attached to an aromatic ring is 4. The Morgan fingerprint density at radius 1 is 0.607 bits per heavy atom. The first-order valence-electron chi connectivity index (χ1n) is 7.72. The van der Waals surface area contributed by atoms with Crippen LogP contribution >= 0.6 is 0 Å². The molecule has 0 saturated carbocycles. The highest BCUT2D eigenvalue weighted by atomic mass is 16.3. The van der Waals surface area contributed by atoms with Crippen LogP contribution in [-0.4, -0.2) is 50.1 Å². The van der Waals surface area contributed by atoms with E-state index in [2.05, 4.69) is 39.9 Å². The summed E-state index contributed by atoms with van der Waals surface area (Å²) in [6, 6.07) is 0. The molecule has 0 bridgehead atoms. The van der Waals surface area contributed by atoms with Gasteiger partial charge in [-0.3, -0.25) is 0 Å². The SMILES string of the molecule is Nc1nc(N)c2nc(CO)cnc2n1.Nc1nc(N)c2ncc(CO)nc2n1. The number of nitrogens with zero attached hydrogens (tertiary/aromatic N) is 8. The third-order valence-corrected chi connectivity index (χ3v) is 3.33. The molecule has 4 aromatic heterocycles. The Balaban J connectivity index is 0.000000161. The van der Waals surface area contributed by atoms with Crippen molar-refractivity contribution >= 4 is 45.9 Å². The third-order valence-electron chi connectivity index (χ3n) is 3.33. The first-order valence-corrected chi connectivity index (χ1v) is 7.72. The van der Waals surface area contributed by atoms with Crippen LogP contribution in [0.15, 0.2) is 12.4 Å². The molecular weight excluding hydrogens is 368 g/mol. The fraction of sp³-hybridized carbons (Fsp3) is 0.143. The van der Waals surface area contributed by atoms with E-state index >= 15 is 0 Å². The van der Waals surface area contributed by atoms with Gasteiger partial charge in [-0.1, -0.05) is 0 Å². The molecule has 10 N–H and O–H groups in total. The standard InChI is InChI=1S/2C7H8N6O/c8-5-4-6(13-7(9)12-5)10-1-3(2-14)11-4;8-5-4-6(13-7(9)12-5)11-3(2-14)1-10-4/h1,14H,2H2,(H4,8,9,10,12,13);1,14H,2H2,(H4,8,9,11,12,13). The highest BCUT2D eigenvalue weighted by Gasteiger charge is 2.07. The smallest absolute Gasteiger partial charge is 0.224 e. The van der Waals surface area contributed by atoms with Crippen molar-refractivity contribution in [2.45, 2.75) is 13.2 Å². The molecule has 0 unspecified atom stereocenters. The Kier molecular flexibility index (Phi) is 5.14. The molecule has 0 aromatic carbocycles. The molecule has 0 aliphatic carbocycles. The maximum absolute atomic E-state index is 8.83. The van der Waals surface area contributed by atoms with Gasteiger partial charge in [-0.15, -0.1) is 0 Å². The topological polar surface area (TPSA) is 248 Å². The lowest BCUT2D eigenvalue weighted by atomic mass is 10.4. The Hall–Kier alpha value is -4.04. The van der Waals surface area contributed by atoms with Gasteiger partial charge in [0.1, 0.15) is 5.52 Å². The lowest BCUT2D eigenvalue weighted by Gasteiger charge is -2.01. The van der Waals surface area contributed by atoms with Crippen molar-refractivity contribution in [1.82, 2.24) is 39.9 Å². The van der Waals surface area contributed by atoms with Crippen LogP contribution in [0.1, 0.15) is 11.4 Å². The minimum Gasteiger partial charge on any atom is -0.390 e. The average Bonchev–Trinajstić information content (AvgIpc) is 2.67. The fourth-order valence-electron chi connectivity index (χ4n) is 2.12. The average molecular weight is 384 g/mol. The molecule has 14 heteroatoms. The van der Waals surface area contributed by atoms with Gasteiger partial charge in [0.05, 0.1) is 37.0 Å². The number of aliphatic hydroxyl groups excluding tert-OH is 2. The number of nitrogens with two attached hydrogens (primary N) is 4. The Labute approximate surface area is 156 Å². The van der Waals surface area contributed by atoms with Crippen LogP contribution in [0.2, 0.25) is 0 Å². The van der Waals surface area contributed by atoms with E-state index in [0.29, 0.717) is 33.7 Å². The molecule has 144 valence electrons. The lowest BCUT2D eigenvalue weighted by Crippen LogP contribution is -2.04. The van der Waals surface area contributed by atoms with E-state index in [-0.39, 0.29) is 36.7 Å². The molecule has 0 radical (unpaired) electrons. The molecule has 0 amide bonds. The van der Waals surface area contributed by atoms with Crippen molar-refractivity contribution in [2.24, 2.45) is 0 Å². The third kappa shape index (κ3) is 3.87. The molecule has 0 aliphatic heterocycles. The fourth-order valence-corrected chi connectivity index (χ4v) is 2.12. The van der Waals surface area contributed by atoms with Crippen LogP contribution in [0.4, 0.5) is 23.5 Å². The minimum absolute atomic E-state index is 0.0411. The highest BCUT2D eigenvalue weighted by molar-refractivity contribution is 5.82. The number of hydrogen-bond acceptors (Lipinski definition) is 14. The number of aromatic nitrogens is 8. The Morgan fingerprint density at radius 2 is 1.14 bits per heavy atom. The van der Waals surface area contributed by atoms with Crippen molar-refractivity contribution in [3.05, 3.63) is 23.8 Å². The second kappa shape index (κ2) is 7.68. The van der Waals surface area contributed by atoms with Gasteiger partial charge in [0.2, 0.25) is 11.9 Å². The summed E-state index contributed by atoms with van der Waals surface area (Å²) >= 11 is 0. The van der Waals surface area contributed by atoms with E-state index in [0.717, 1.165) is 0 Å². The van der Waals surface area contributed by atoms with E-state index in [1.54, 1.807) is 0 Å². The molecule has 0 spiro atoms. The zero-order valence-corrected chi connectivity index (χ0v) is 14.4. The van der Waals surface area contributed by atoms with Crippen LogP contribution in [0, 0.1) is 0 Å². The van der Waals surface area contributed by atoms with Gasteiger partial charge >= 0.3 is 0 Å². The number of aliphatic hydroxyl groups is 2. The number of fused-ring (bicyclic) bond motifs is 2. The van der Waals surface area contributed by atoms with Crippen LogP contribution in [0.25, 0.3) is 22.3 Å². The summed E-state index contributed by atoms with van der Waals surface area (Å²) in [4.78, 5) is 31.1. The Bertz CT molecular complexity index is 1150. The largest absolute Gasteiger partial charge is 0.390 e. The Morgan fingerprint density at radius 3 is 1.79 bits per heavy atom. The molecule has 14 nitrogen and oxygen atoms in total. The zero-order valence-electron chi connectivity index (χ0n) is 14.4. The van der Waals surface area contributed by atoms with Crippen molar-refractivity contribution in [3.63, 3.8) is 0 Å². The van der Waals surface area contributed by atoms with Gasteiger partial charge in [-0.2, -0.15) is 19.9 Å². The van der Waals surface area contributed by atoms with Gasteiger partial charge < -0.3 is 33.1 Å². The second-order valence-corrected chi connectivity index (χ2v) is 5.32. The van der Waals surface area contributed by atoms with Gasteiger partial charge in [0, 0.05) is 0 Å². The van der Waals surface area contributed by atoms with E-state index in [1.807, 2.05) is 0 Å². The van der Waals surface area contributed by atoms with Gasteiger partial charge in [-0.05, 0) is 0 Å². The minimum atomic E-state index is -0.202. The summed E-state index contributed by atoms with van der Waals surface area (Å²) in [5.74, 6) is 0.445. The maximum Gasteiger partial charge on any atom is 0.224 e. The zero-order chi connectivity index (χ0) is 20.3. The number of anilines is 4. The first-order chi connectivity index (χ1) is 13.4. The van der Waals surface area contributed by atoms with E-state index in [1.165, 1.54) is 12.4 Å². The van der Waals surface area contributed by atoms with Crippen LogP contribution in [-0.2, 0) is 13.2 Å². The van der Waals surface area contributed by atoms with E-state index in [4.69, 9.17) is 33.1 Å². The first kappa shape index (κ1) is 18.7. The molecule has 0 atom stereocenters.